The zero-order valence-corrected chi connectivity index (χ0v) is 7.82. The number of fused-ring (bicyclic) bond motifs is 1. The minimum absolute atomic E-state index is 0.328. The van der Waals surface area contributed by atoms with Crippen LogP contribution in [-0.2, 0) is 20.9 Å². The highest BCUT2D eigenvalue weighted by Crippen LogP contribution is 2.26. The lowest BCUT2D eigenvalue weighted by atomic mass is 9.99. The van der Waals surface area contributed by atoms with Gasteiger partial charge < -0.3 is 9.47 Å². The fraction of sp³-hybridized carbons (Fsp3) is 0.182. The number of methoxy groups -OCH3 is 1. The summed E-state index contributed by atoms with van der Waals surface area (Å²) in [6.45, 7) is 0.343. The van der Waals surface area contributed by atoms with E-state index < -0.39 is 0 Å². The maximum Gasteiger partial charge on any atom is 0.342 e. The van der Waals surface area contributed by atoms with Crippen molar-refractivity contribution in [2.75, 3.05) is 7.11 Å². The van der Waals surface area contributed by atoms with Crippen LogP contribution in [0.2, 0.25) is 0 Å². The molecule has 1 aromatic rings. The third-order valence-corrected chi connectivity index (χ3v) is 2.12. The van der Waals surface area contributed by atoms with Crippen LogP contribution in [0, 0.1) is 0 Å². The molecular weight excluding hydrogens is 180 g/mol. The van der Waals surface area contributed by atoms with E-state index in [4.69, 9.17) is 9.47 Å². The van der Waals surface area contributed by atoms with Crippen LogP contribution in [0.15, 0.2) is 30.5 Å². The third kappa shape index (κ3) is 1.37. The largest absolute Gasteiger partial charge is 0.503 e. The number of ether oxygens (including phenoxy) is 2. The van der Waals surface area contributed by atoms with Gasteiger partial charge in [-0.05, 0) is 11.1 Å². The molecule has 0 N–H and O–H groups in total. The summed E-state index contributed by atoms with van der Waals surface area (Å²) in [5.74, 6) is -0.328. The van der Waals surface area contributed by atoms with Gasteiger partial charge >= 0.3 is 5.97 Å². The number of benzene rings is 1. The molecule has 0 saturated heterocycles. The van der Waals surface area contributed by atoms with Gasteiger partial charge in [-0.3, -0.25) is 0 Å². The fourth-order valence-electron chi connectivity index (χ4n) is 1.47. The first kappa shape index (κ1) is 8.81. The van der Waals surface area contributed by atoms with Gasteiger partial charge in [0.25, 0.3) is 0 Å². The van der Waals surface area contributed by atoms with Crippen LogP contribution in [0.5, 0.6) is 0 Å². The second-order valence-electron chi connectivity index (χ2n) is 3.00. The lowest BCUT2D eigenvalue weighted by Gasteiger charge is -2.17. The molecule has 0 atom stereocenters. The van der Waals surface area contributed by atoms with Crippen molar-refractivity contribution in [2.45, 2.75) is 6.61 Å². The molecule has 14 heavy (non-hydrogen) atoms. The molecule has 0 radical (unpaired) electrons. The first-order valence-corrected chi connectivity index (χ1v) is 4.31. The van der Waals surface area contributed by atoms with Crippen molar-refractivity contribution in [3.63, 3.8) is 0 Å². The van der Waals surface area contributed by atoms with Gasteiger partial charge in [0, 0.05) is 0 Å². The van der Waals surface area contributed by atoms with Crippen molar-refractivity contribution in [1.29, 1.82) is 0 Å². The number of hydrogen-bond acceptors (Lipinski definition) is 3. The van der Waals surface area contributed by atoms with Crippen LogP contribution in [-0.4, -0.2) is 13.1 Å². The Morgan fingerprint density at radius 1 is 1.43 bits per heavy atom. The van der Waals surface area contributed by atoms with Gasteiger partial charge in [-0.15, -0.1) is 0 Å². The predicted molar refractivity (Wildman–Crippen MR) is 51.2 cm³/mol. The van der Waals surface area contributed by atoms with E-state index >= 15 is 0 Å². The lowest BCUT2D eigenvalue weighted by molar-refractivity contribution is -0.138. The van der Waals surface area contributed by atoms with Crippen LogP contribution in [0.25, 0.3) is 5.57 Å². The van der Waals surface area contributed by atoms with Crippen molar-refractivity contribution in [3.05, 3.63) is 41.7 Å². The summed E-state index contributed by atoms with van der Waals surface area (Å²) in [5.41, 5.74) is 2.38. The summed E-state index contributed by atoms with van der Waals surface area (Å²) < 4.78 is 9.83. The Hall–Kier alpha value is -1.77. The predicted octanol–water partition coefficient (Wildman–Crippen LogP) is 1.73. The highest BCUT2D eigenvalue weighted by atomic mass is 16.5. The Balaban J connectivity index is 2.52. The van der Waals surface area contributed by atoms with Gasteiger partial charge in [0.2, 0.25) is 0 Å². The molecule has 0 fully saturated rings. The van der Waals surface area contributed by atoms with E-state index in [1.165, 1.54) is 13.4 Å². The molecule has 72 valence electrons. The zero-order chi connectivity index (χ0) is 9.97. The van der Waals surface area contributed by atoms with Crippen LogP contribution < -0.4 is 0 Å². The topological polar surface area (TPSA) is 35.5 Å². The molecule has 0 bridgehead atoms. The lowest BCUT2D eigenvalue weighted by Crippen LogP contribution is -2.15. The van der Waals surface area contributed by atoms with Crippen LogP contribution in [0.3, 0.4) is 0 Å². The molecule has 1 aliphatic heterocycles. The van der Waals surface area contributed by atoms with Crippen molar-refractivity contribution in [3.8, 4) is 0 Å². The number of hydrogen-bond donors (Lipinski definition) is 0. The summed E-state index contributed by atoms with van der Waals surface area (Å²) in [6, 6.07) is 7.63. The number of carbonyl (C=O) groups is 1. The number of carbonyl (C=O) groups excluding carboxylic acids is 1. The van der Waals surface area contributed by atoms with Crippen molar-refractivity contribution in [1.82, 2.24) is 0 Å². The standard InChI is InChI=1S/C11H10O3/c1-13-7-10-9-5-3-2-4-8(9)6-14-11(10)12/h2-5,7H,6H2,1H3/b10-7+. The fourth-order valence-corrected chi connectivity index (χ4v) is 1.47. The van der Waals surface area contributed by atoms with Crippen LogP contribution in [0.4, 0.5) is 0 Å². The molecule has 0 spiro atoms. The summed E-state index contributed by atoms with van der Waals surface area (Å²) >= 11 is 0. The Morgan fingerprint density at radius 3 is 3.00 bits per heavy atom. The normalized spacial score (nSPS) is 17.5. The van der Waals surface area contributed by atoms with Crippen molar-refractivity contribution in [2.24, 2.45) is 0 Å². The van der Waals surface area contributed by atoms with E-state index in [9.17, 15) is 4.79 Å². The monoisotopic (exact) mass is 190 g/mol. The van der Waals surface area contributed by atoms with Crippen molar-refractivity contribution < 1.29 is 14.3 Å². The minimum atomic E-state index is -0.328. The van der Waals surface area contributed by atoms with E-state index in [0.717, 1.165) is 11.1 Å². The second kappa shape index (κ2) is 3.54. The first-order chi connectivity index (χ1) is 6.83. The molecule has 0 aromatic heterocycles. The summed E-state index contributed by atoms with van der Waals surface area (Å²) in [5, 5.41) is 0. The quantitative estimate of drug-likeness (QED) is 0.384. The molecule has 3 heteroatoms. The Bertz CT molecular complexity index is 393. The van der Waals surface area contributed by atoms with Gasteiger partial charge in [-0.25, -0.2) is 4.79 Å². The average Bonchev–Trinajstić information content (AvgIpc) is 2.23. The highest BCUT2D eigenvalue weighted by molar-refractivity contribution is 6.17. The molecule has 1 aliphatic rings. The molecule has 0 saturated carbocycles. The van der Waals surface area contributed by atoms with Gasteiger partial charge in [-0.2, -0.15) is 0 Å². The second-order valence-corrected chi connectivity index (χ2v) is 3.00. The molecule has 1 aromatic carbocycles. The number of cyclic esters (lactones) is 1. The SMILES string of the molecule is CO/C=C1/C(=O)OCc2ccccc21. The van der Waals surface area contributed by atoms with E-state index in [1.807, 2.05) is 24.3 Å². The maximum absolute atomic E-state index is 11.4. The molecule has 3 nitrogen and oxygen atoms in total. The molecule has 2 rings (SSSR count). The Labute approximate surface area is 81.9 Å². The molecule has 0 aliphatic carbocycles. The molecule has 1 heterocycles. The smallest absolute Gasteiger partial charge is 0.342 e. The summed E-state index contributed by atoms with van der Waals surface area (Å²) in [7, 11) is 1.51. The maximum atomic E-state index is 11.4. The number of esters is 1. The van der Waals surface area contributed by atoms with Gasteiger partial charge in [-0.1, -0.05) is 24.3 Å². The van der Waals surface area contributed by atoms with E-state index in [2.05, 4.69) is 0 Å². The zero-order valence-electron chi connectivity index (χ0n) is 7.82. The molecule has 0 unspecified atom stereocenters. The Kier molecular flexibility index (Phi) is 2.23. The minimum Gasteiger partial charge on any atom is -0.503 e. The van der Waals surface area contributed by atoms with Crippen LogP contribution >= 0.6 is 0 Å². The summed E-state index contributed by atoms with van der Waals surface area (Å²) in [4.78, 5) is 11.4. The van der Waals surface area contributed by atoms with E-state index in [1.54, 1.807) is 0 Å². The Morgan fingerprint density at radius 2 is 2.21 bits per heavy atom. The van der Waals surface area contributed by atoms with Crippen LogP contribution in [0.1, 0.15) is 11.1 Å². The van der Waals surface area contributed by atoms with E-state index in [0.29, 0.717) is 12.2 Å². The van der Waals surface area contributed by atoms with E-state index in [-0.39, 0.29) is 5.97 Å². The highest BCUT2D eigenvalue weighted by Gasteiger charge is 2.22. The first-order valence-electron chi connectivity index (χ1n) is 4.31. The van der Waals surface area contributed by atoms with Gasteiger partial charge in [0.05, 0.1) is 13.4 Å². The summed E-state index contributed by atoms with van der Waals surface area (Å²) in [6.07, 6.45) is 1.42. The van der Waals surface area contributed by atoms with Crippen molar-refractivity contribution >= 4 is 11.5 Å². The number of rotatable bonds is 1. The third-order valence-electron chi connectivity index (χ3n) is 2.12. The van der Waals surface area contributed by atoms with Gasteiger partial charge in [0.15, 0.2) is 0 Å². The molecular formula is C11H10O3. The average molecular weight is 190 g/mol. The van der Waals surface area contributed by atoms with Gasteiger partial charge in [0.1, 0.15) is 12.2 Å². The molecule has 0 amide bonds.